The molecule has 1 N–H and O–H groups in total. The van der Waals surface area contributed by atoms with E-state index < -0.39 is 17.4 Å². The number of para-hydroxylation sites is 1. The second-order valence-electron chi connectivity index (χ2n) is 9.60. The number of rotatable bonds is 2. The quantitative estimate of drug-likeness (QED) is 0.744. The van der Waals surface area contributed by atoms with Crippen LogP contribution in [0, 0.1) is 25.7 Å². The summed E-state index contributed by atoms with van der Waals surface area (Å²) in [6.45, 7) is 6.79. The van der Waals surface area contributed by atoms with E-state index >= 15 is 0 Å². The topological polar surface area (TPSA) is 69.7 Å². The van der Waals surface area contributed by atoms with Crippen LogP contribution in [0.4, 0.5) is 11.4 Å². The Morgan fingerprint density at radius 2 is 1.88 bits per heavy atom. The van der Waals surface area contributed by atoms with Crippen molar-refractivity contribution in [2.24, 2.45) is 11.8 Å². The van der Waals surface area contributed by atoms with Crippen LogP contribution in [0.2, 0.25) is 0 Å². The Hall–Kier alpha value is -2.99. The van der Waals surface area contributed by atoms with Gasteiger partial charge in [0.05, 0.1) is 17.5 Å². The van der Waals surface area contributed by atoms with E-state index in [1.807, 2.05) is 50.2 Å². The predicted octanol–water partition coefficient (Wildman–Crippen LogP) is 3.30. The lowest BCUT2D eigenvalue weighted by Crippen LogP contribution is -2.54. The van der Waals surface area contributed by atoms with Crippen LogP contribution in [0.1, 0.15) is 42.0 Å². The Balaban J connectivity index is 1.55. The minimum Gasteiger partial charge on any atom is -0.324 e. The number of hydrogen-bond donors (Lipinski definition) is 1. The molecule has 3 amide bonds. The van der Waals surface area contributed by atoms with E-state index in [0.717, 1.165) is 53.7 Å². The molecule has 32 heavy (non-hydrogen) atoms. The molecule has 4 aliphatic rings. The Morgan fingerprint density at radius 1 is 1.06 bits per heavy atom. The normalized spacial score (nSPS) is 30.8. The lowest BCUT2D eigenvalue weighted by molar-refractivity contribution is -0.135. The number of fused-ring (bicyclic) bond motifs is 7. The van der Waals surface area contributed by atoms with Gasteiger partial charge in [-0.25, -0.2) is 4.90 Å². The molecule has 0 saturated carbocycles. The highest BCUT2D eigenvalue weighted by atomic mass is 16.2. The smallest absolute Gasteiger partial charge is 0.250 e. The average Bonchev–Trinajstić information content (AvgIpc) is 3.48. The number of carbonyl (C=O) groups excluding carboxylic acids is 3. The zero-order valence-corrected chi connectivity index (χ0v) is 18.6. The predicted molar refractivity (Wildman–Crippen MR) is 121 cm³/mol. The number of amides is 3. The van der Waals surface area contributed by atoms with Gasteiger partial charge in [-0.05, 0) is 68.5 Å². The maximum atomic E-state index is 14.0. The molecule has 1 spiro atoms. The molecule has 6 heteroatoms. The highest BCUT2D eigenvalue weighted by Crippen LogP contribution is 2.61. The molecule has 0 radical (unpaired) electrons. The van der Waals surface area contributed by atoms with E-state index in [2.05, 4.69) is 17.1 Å². The zero-order valence-electron chi connectivity index (χ0n) is 18.6. The molecule has 6 rings (SSSR count). The fourth-order valence-electron chi connectivity index (χ4n) is 6.70. The largest absolute Gasteiger partial charge is 0.324 e. The second-order valence-corrected chi connectivity index (χ2v) is 9.60. The van der Waals surface area contributed by atoms with Gasteiger partial charge in [-0.15, -0.1) is 0 Å². The number of aryl methyl sites for hydroxylation is 3. The van der Waals surface area contributed by atoms with E-state index in [1.165, 1.54) is 4.90 Å². The van der Waals surface area contributed by atoms with Crippen molar-refractivity contribution in [2.45, 2.75) is 51.6 Å². The summed E-state index contributed by atoms with van der Waals surface area (Å²) in [6.07, 6.45) is 2.55. The highest BCUT2D eigenvalue weighted by molar-refractivity contribution is 6.26. The monoisotopic (exact) mass is 429 g/mol. The van der Waals surface area contributed by atoms with Gasteiger partial charge in [-0.3, -0.25) is 19.3 Å². The maximum Gasteiger partial charge on any atom is 0.250 e. The molecule has 2 aromatic carbocycles. The van der Waals surface area contributed by atoms with Crippen LogP contribution in [0.5, 0.6) is 0 Å². The number of carbonyl (C=O) groups is 3. The SMILES string of the molecule is CCc1cccc2c1NC(=O)[C@@]21[C@@H]2C(=O)N(c3ccc(C)c(C)c3)C(=O)[C@@H]2[C@H]2CCCN21. The summed E-state index contributed by atoms with van der Waals surface area (Å²) in [5.41, 5.74) is 4.41. The van der Waals surface area contributed by atoms with Gasteiger partial charge in [0.2, 0.25) is 17.7 Å². The number of imide groups is 1. The van der Waals surface area contributed by atoms with E-state index in [-0.39, 0.29) is 23.8 Å². The molecule has 4 heterocycles. The summed E-state index contributed by atoms with van der Waals surface area (Å²) in [5.74, 6) is -1.76. The van der Waals surface area contributed by atoms with Crippen LogP contribution < -0.4 is 10.2 Å². The first kappa shape index (κ1) is 19.7. The van der Waals surface area contributed by atoms with Crippen molar-refractivity contribution >= 4 is 29.1 Å². The molecule has 2 aromatic rings. The minimum atomic E-state index is -1.10. The molecule has 164 valence electrons. The van der Waals surface area contributed by atoms with Crippen molar-refractivity contribution < 1.29 is 14.4 Å². The van der Waals surface area contributed by atoms with Crippen LogP contribution in [0.25, 0.3) is 0 Å². The third-order valence-electron chi connectivity index (χ3n) is 8.24. The Kier molecular flexibility index (Phi) is 4.01. The van der Waals surface area contributed by atoms with Gasteiger partial charge in [0.15, 0.2) is 0 Å². The molecule has 3 fully saturated rings. The van der Waals surface area contributed by atoms with Gasteiger partial charge in [0, 0.05) is 17.3 Å². The van der Waals surface area contributed by atoms with Crippen LogP contribution in [-0.2, 0) is 26.3 Å². The average molecular weight is 430 g/mol. The summed E-state index contributed by atoms with van der Waals surface area (Å²) in [5, 5.41) is 3.12. The molecule has 0 aromatic heterocycles. The van der Waals surface area contributed by atoms with E-state index in [1.54, 1.807) is 0 Å². The van der Waals surface area contributed by atoms with Gasteiger partial charge in [-0.1, -0.05) is 31.2 Å². The number of benzene rings is 2. The molecule has 3 saturated heterocycles. The Morgan fingerprint density at radius 3 is 2.62 bits per heavy atom. The van der Waals surface area contributed by atoms with Gasteiger partial charge in [0.1, 0.15) is 5.54 Å². The summed E-state index contributed by atoms with van der Waals surface area (Å²) in [4.78, 5) is 45.1. The summed E-state index contributed by atoms with van der Waals surface area (Å²) < 4.78 is 0. The van der Waals surface area contributed by atoms with E-state index in [9.17, 15) is 14.4 Å². The van der Waals surface area contributed by atoms with Gasteiger partial charge in [-0.2, -0.15) is 0 Å². The molecule has 0 unspecified atom stereocenters. The van der Waals surface area contributed by atoms with Gasteiger partial charge in [0.25, 0.3) is 0 Å². The lowest BCUT2D eigenvalue weighted by atomic mass is 9.75. The van der Waals surface area contributed by atoms with Crippen molar-refractivity contribution in [1.29, 1.82) is 0 Å². The second kappa shape index (κ2) is 6.51. The van der Waals surface area contributed by atoms with E-state index in [4.69, 9.17) is 0 Å². The van der Waals surface area contributed by atoms with E-state index in [0.29, 0.717) is 5.69 Å². The summed E-state index contributed by atoms with van der Waals surface area (Å²) in [6, 6.07) is 11.6. The molecular formula is C26H27N3O3. The number of anilines is 2. The summed E-state index contributed by atoms with van der Waals surface area (Å²) >= 11 is 0. The Bertz CT molecular complexity index is 1200. The molecule has 6 nitrogen and oxygen atoms in total. The third-order valence-corrected chi connectivity index (χ3v) is 8.24. The third kappa shape index (κ3) is 2.16. The number of hydrogen-bond acceptors (Lipinski definition) is 4. The van der Waals surface area contributed by atoms with Crippen LogP contribution >= 0.6 is 0 Å². The van der Waals surface area contributed by atoms with Crippen LogP contribution in [0.3, 0.4) is 0 Å². The fraction of sp³-hybridized carbons (Fsp3) is 0.423. The standard InChI is InChI=1S/C26H27N3O3/c1-4-16-7-5-8-18-22(16)27-25(32)26(18)21-20(19-9-6-12-28(19)26)23(30)29(24(21)31)17-11-10-14(2)15(3)13-17/h5,7-8,10-11,13,19-21H,4,6,9,12H2,1-3H3,(H,27,32)/t19-,20-,21+,26+/m1/s1. The minimum absolute atomic E-state index is 0.0880. The molecule has 0 bridgehead atoms. The van der Waals surface area contributed by atoms with Gasteiger partial charge < -0.3 is 5.32 Å². The summed E-state index contributed by atoms with van der Waals surface area (Å²) in [7, 11) is 0. The fourth-order valence-corrected chi connectivity index (χ4v) is 6.70. The van der Waals surface area contributed by atoms with Crippen molar-refractivity contribution in [3.63, 3.8) is 0 Å². The van der Waals surface area contributed by atoms with Crippen molar-refractivity contribution in [2.75, 3.05) is 16.8 Å². The first-order chi connectivity index (χ1) is 15.4. The molecule has 4 atom stereocenters. The van der Waals surface area contributed by atoms with Crippen LogP contribution in [-0.4, -0.2) is 35.2 Å². The van der Waals surface area contributed by atoms with Crippen molar-refractivity contribution in [3.05, 3.63) is 58.7 Å². The van der Waals surface area contributed by atoms with Gasteiger partial charge >= 0.3 is 0 Å². The zero-order chi connectivity index (χ0) is 22.4. The first-order valence-electron chi connectivity index (χ1n) is 11.6. The maximum absolute atomic E-state index is 14.0. The van der Waals surface area contributed by atoms with Crippen LogP contribution in [0.15, 0.2) is 36.4 Å². The highest BCUT2D eigenvalue weighted by Gasteiger charge is 2.74. The molecular weight excluding hydrogens is 402 g/mol. The number of nitrogens with zero attached hydrogens (tertiary/aromatic N) is 2. The number of nitrogens with one attached hydrogen (secondary N) is 1. The first-order valence-corrected chi connectivity index (χ1v) is 11.6. The molecule has 0 aliphatic carbocycles. The van der Waals surface area contributed by atoms with Crippen molar-refractivity contribution in [1.82, 2.24) is 4.90 Å². The van der Waals surface area contributed by atoms with Crippen molar-refractivity contribution in [3.8, 4) is 0 Å². The molecule has 4 aliphatic heterocycles. The Labute approximate surface area is 187 Å². The lowest BCUT2D eigenvalue weighted by Gasteiger charge is -2.36.